The van der Waals surface area contributed by atoms with E-state index in [2.05, 4.69) is 12.2 Å². The molecule has 1 aromatic heterocycles. The molecule has 4 rings (SSSR count). The fourth-order valence-electron chi connectivity index (χ4n) is 3.47. The first kappa shape index (κ1) is 14.9. The van der Waals surface area contributed by atoms with Crippen LogP contribution >= 0.6 is 0 Å². The molecule has 3 heteroatoms. The predicted molar refractivity (Wildman–Crippen MR) is 96.2 cm³/mol. The summed E-state index contributed by atoms with van der Waals surface area (Å²) < 4.78 is 0. The summed E-state index contributed by atoms with van der Waals surface area (Å²) in [6.45, 7) is 3.00. The van der Waals surface area contributed by atoms with Gasteiger partial charge < -0.3 is 10.4 Å². The molecule has 0 saturated heterocycles. The average Bonchev–Trinajstić information content (AvgIpc) is 3.12. The van der Waals surface area contributed by atoms with Gasteiger partial charge in [0.15, 0.2) is 5.60 Å². The van der Waals surface area contributed by atoms with E-state index in [9.17, 15) is 5.11 Å². The second-order valence-electron chi connectivity index (χ2n) is 6.27. The summed E-state index contributed by atoms with van der Waals surface area (Å²) in [5, 5.41) is 15.1. The molecule has 3 nitrogen and oxygen atoms in total. The molecule has 2 N–H and O–H groups in total. The number of nitrogens with zero attached hydrogens (tertiary/aromatic N) is 1. The molecular formula is C21H20N2O. The maximum atomic E-state index is 11.8. The number of hydrogen-bond donors (Lipinski definition) is 2. The maximum absolute atomic E-state index is 11.8. The van der Waals surface area contributed by atoms with Gasteiger partial charge in [0, 0.05) is 6.54 Å². The predicted octanol–water partition coefficient (Wildman–Crippen LogP) is 3.64. The molecule has 0 radical (unpaired) electrons. The number of pyridine rings is 1. The zero-order valence-corrected chi connectivity index (χ0v) is 13.7. The third-order valence-electron chi connectivity index (χ3n) is 4.77. The van der Waals surface area contributed by atoms with E-state index in [1.165, 1.54) is 11.1 Å². The topological polar surface area (TPSA) is 45.2 Å². The molecule has 120 valence electrons. The summed E-state index contributed by atoms with van der Waals surface area (Å²) in [6, 6.07) is 21.5. The Morgan fingerprint density at radius 1 is 0.958 bits per heavy atom. The van der Waals surface area contributed by atoms with Crippen molar-refractivity contribution in [3.05, 3.63) is 94.7 Å². The van der Waals surface area contributed by atoms with Gasteiger partial charge >= 0.3 is 0 Å². The van der Waals surface area contributed by atoms with Gasteiger partial charge in [0.05, 0.1) is 5.69 Å². The van der Waals surface area contributed by atoms with Gasteiger partial charge in [-0.1, -0.05) is 60.7 Å². The molecule has 3 aromatic rings. The van der Waals surface area contributed by atoms with Gasteiger partial charge in [-0.3, -0.25) is 0 Å². The van der Waals surface area contributed by atoms with E-state index in [1.807, 2.05) is 66.7 Å². The summed E-state index contributed by atoms with van der Waals surface area (Å²) in [7, 11) is 0. The van der Waals surface area contributed by atoms with Crippen LogP contribution in [0, 0.1) is 6.92 Å². The zero-order chi connectivity index (χ0) is 16.6. The van der Waals surface area contributed by atoms with Crippen molar-refractivity contribution >= 4 is 5.82 Å². The summed E-state index contributed by atoms with van der Waals surface area (Å²) >= 11 is 0. The Morgan fingerprint density at radius 3 is 2.12 bits per heavy atom. The Hall–Kier alpha value is -2.65. The van der Waals surface area contributed by atoms with Crippen LogP contribution in [0.4, 0.5) is 5.82 Å². The van der Waals surface area contributed by atoms with Gasteiger partial charge in [-0.2, -0.15) is 0 Å². The number of anilines is 1. The zero-order valence-electron chi connectivity index (χ0n) is 13.7. The molecule has 1 aliphatic rings. The van der Waals surface area contributed by atoms with E-state index >= 15 is 0 Å². The minimum atomic E-state index is -1.27. The SMILES string of the molecule is Cc1cc(C(O)(c2ccccc2)c2ccccc2)nc2c1CCN2. The minimum Gasteiger partial charge on any atom is -0.374 e. The largest absolute Gasteiger partial charge is 0.374 e. The number of aryl methyl sites for hydroxylation is 1. The molecule has 0 atom stereocenters. The molecule has 0 amide bonds. The van der Waals surface area contributed by atoms with Crippen molar-refractivity contribution in [3.63, 3.8) is 0 Å². The molecule has 0 fully saturated rings. The van der Waals surface area contributed by atoms with Crippen LogP contribution in [0.3, 0.4) is 0 Å². The monoisotopic (exact) mass is 316 g/mol. The van der Waals surface area contributed by atoms with Crippen LogP contribution in [-0.4, -0.2) is 16.6 Å². The number of nitrogens with one attached hydrogen (secondary N) is 1. The molecule has 0 spiro atoms. The third-order valence-corrected chi connectivity index (χ3v) is 4.77. The second-order valence-corrected chi connectivity index (χ2v) is 6.27. The minimum absolute atomic E-state index is 0.658. The van der Waals surface area contributed by atoms with Crippen molar-refractivity contribution in [2.24, 2.45) is 0 Å². The van der Waals surface area contributed by atoms with Crippen LogP contribution in [0.2, 0.25) is 0 Å². The normalized spacial score (nSPS) is 13.4. The molecule has 1 aliphatic heterocycles. The average molecular weight is 316 g/mol. The Labute approximate surface area is 142 Å². The maximum Gasteiger partial charge on any atom is 0.157 e. The summed E-state index contributed by atoms with van der Waals surface area (Å²) in [5.74, 6) is 0.898. The Morgan fingerprint density at radius 2 is 1.54 bits per heavy atom. The number of aliphatic hydroxyl groups is 1. The van der Waals surface area contributed by atoms with Crippen LogP contribution in [-0.2, 0) is 12.0 Å². The lowest BCUT2D eigenvalue weighted by molar-refractivity contribution is 0.121. The summed E-state index contributed by atoms with van der Waals surface area (Å²) in [5.41, 5.74) is 3.45. The van der Waals surface area contributed by atoms with Crippen molar-refractivity contribution in [1.82, 2.24) is 4.98 Å². The Bertz CT molecular complexity index is 820. The smallest absolute Gasteiger partial charge is 0.157 e. The Kier molecular flexibility index (Phi) is 3.58. The van der Waals surface area contributed by atoms with E-state index in [1.54, 1.807) is 0 Å². The fourth-order valence-corrected chi connectivity index (χ4v) is 3.47. The quantitative estimate of drug-likeness (QED) is 0.775. The number of fused-ring (bicyclic) bond motifs is 1. The highest BCUT2D eigenvalue weighted by Crippen LogP contribution is 2.38. The lowest BCUT2D eigenvalue weighted by Gasteiger charge is -2.29. The standard InChI is InChI=1S/C21H20N2O/c1-15-14-19(23-20-18(15)12-13-22-20)21(24,16-8-4-2-5-9-16)17-10-6-3-7-11-17/h2-11,14,24H,12-13H2,1H3,(H,22,23). The highest BCUT2D eigenvalue weighted by atomic mass is 16.3. The Balaban J connectivity index is 1.96. The summed E-state index contributed by atoms with van der Waals surface area (Å²) in [6.07, 6.45) is 0.990. The number of hydrogen-bond acceptors (Lipinski definition) is 3. The van der Waals surface area contributed by atoms with Gasteiger partial charge in [0.2, 0.25) is 0 Å². The van der Waals surface area contributed by atoms with E-state index in [4.69, 9.17) is 4.98 Å². The first-order valence-electron chi connectivity index (χ1n) is 8.28. The number of benzene rings is 2. The van der Waals surface area contributed by atoms with Crippen LogP contribution in [0.15, 0.2) is 66.7 Å². The third kappa shape index (κ3) is 2.29. The van der Waals surface area contributed by atoms with Crippen LogP contribution in [0.1, 0.15) is 27.9 Å². The van der Waals surface area contributed by atoms with Crippen molar-refractivity contribution in [2.75, 3.05) is 11.9 Å². The van der Waals surface area contributed by atoms with E-state index < -0.39 is 5.60 Å². The van der Waals surface area contributed by atoms with E-state index in [0.717, 1.165) is 29.9 Å². The molecule has 0 bridgehead atoms. The van der Waals surface area contributed by atoms with Crippen molar-refractivity contribution in [3.8, 4) is 0 Å². The lowest BCUT2D eigenvalue weighted by atomic mass is 9.82. The number of aromatic nitrogens is 1. The van der Waals surface area contributed by atoms with E-state index in [0.29, 0.717) is 5.69 Å². The van der Waals surface area contributed by atoms with Gasteiger partial charge in [-0.15, -0.1) is 0 Å². The number of rotatable bonds is 3. The molecular weight excluding hydrogens is 296 g/mol. The van der Waals surface area contributed by atoms with Gasteiger partial charge in [-0.05, 0) is 41.7 Å². The highest BCUT2D eigenvalue weighted by Gasteiger charge is 2.36. The second kappa shape index (κ2) is 5.77. The van der Waals surface area contributed by atoms with Crippen LogP contribution in [0.25, 0.3) is 0 Å². The fraction of sp³-hybridized carbons (Fsp3) is 0.190. The molecule has 0 unspecified atom stereocenters. The lowest BCUT2D eigenvalue weighted by Crippen LogP contribution is -2.30. The molecule has 2 aromatic carbocycles. The molecule has 0 aliphatic carbocycles. The molecule has 24 heavy (non-hydrogen) atoms. The van der Waals surface area contributed by atoms with Crippen molar-refractivity contribution in [1.29, 1.82) is 0 Å². The summed E-state index contributed by atoms with van der Waals surface area (Å²) in [4.78, 5) is 4.78. The molecule has 0 saturated carbocycles. The van der Waals surface area contributed by atoms with Crippen molar-refractivity contribution in [2.45, 2.75) is 18.9 Å². The van der Waals surface area contributed by atoms with Crippen LogP contribution < -0.4 is 5.32 Å². The van der Waals surface area contributed by atoms with Crippen LogP contribution in [0.5, 0.6) is 0 Å². The van der Waals surface area contributed by atoms with Crippen molar-refractivity contribution < 1.29 is 5.11 Å². The first-order valence-corrected chi connectivity index (χ1v) is 8.28. The van der Waals surface area contributed by atoms with Gasteiger partial charge in [0.25, 0.3) is 0 Å². The molecule has 2 heterocycles. The van der Waals surface area contributed by atoms with E-state index in [-0.39, 0.29) is 0 Å². The van der Waals surface area contributed by atoms with Gasteiger partial charge in [-0.25, -0.2) is 4.98 Å². The van der Waals surface area contributed by atoms with Gasteiger partial charge in [0.1, 0.15) is 5.82 Å². The first-order chi connectivity index (χ1) is 11.7. The highest BCUT2D eigenvalue weighted by molar-refractivity contribution is 5.56.